The minimum Gasteiger partial charge on any atom is -0.456 e. The van der Waals surface area contributed by atoms with Crippen molar-refractivity contribution >= 4 is 20.2 Å². The number of benzene rings is 2. The second kappa shape index (κ2) is 10.2. The highest BCUT2D eigenvalue weighted by atomic mass is 28.4. The largest absolute Gasteiger partial charge is 0.456 e. The second-order valence-electron chi connectivity index (χ2n) is 10.4. The van der Waals surface area contributed by atoms with Gasteiger partial charge in [0.05, 0.1) is 0 Å². The summed E-state index contributed by atoms with van der Waals surface area (Å²) in [6.45, 7) is 14.5. The van der Waals surface area contributed by atoms with E-state index in [4.69, 9.17) is 9.16 Å². The molecule has 2 aromatic carbocycles. The highest BCUT2D eigenvalue weighted by Gasteiger charge is 2.36. The van der Waals surface area contributed by atoms with Gasteiger partial charge in [-0.2, -0.15) is 0 Å². The van der Waals surface area contributed by atoms with Gasteiger partial charge in [0, 0.05) is 26.6 Å². The summed E-state index contributed by atoms with van der Waals surface area (Å²) >= 11 is 0. The summed E-state index contributed by atoms with van der Waals surface area (Å²) in [5.41, 5.74) is 6.10. The molecular formula is C27H37NO4Si. The molecule has 0 aromatic heterocycles. The van der Waals surface area contributed by atoms with Gasteiger partial charge in [-0.1, -0.05) is 63.2 Å². The van der Waals surface area contributed by atoms with Crippen LogP contribution in [0.2, 0.25) is 18.1 Å². The van der Waals surface area contributed by atoms with Crippen LogP contribution in [0.5, 0.6) is 0 Å². The Hall–Kier alpha value is -2.44. The van der Waals surface area contributed by atoms with Gasteiger partial charge in [0.15, 0.2) is 14.9 Å². The molecule has 0 atom stereocenters. The molecule has 1 amide bonds. The molecule has 0 unspecified atom stereocenters. The van der Waals surface area contributed by atoms with Crippen molar-refractivity contribution in [3.8, 4) is 11.1 Å². The van der Waals surface area contributed by atoms with E-state index in [2.05, 4.69) is 76.3 Å². The molecule has 0 saturated heterocycles. The molecule has 0 fully saturated rings. The molecule has 1 aliphatic rings. The average Bonchev–Trinajstić information content (AvgIpc) is 2.76. The number of nitrogens with zero attached hydrogens (tertiary/aromatic N) is 1. The smallest absolute Gasteiger partial charge is 0.303 e. The maximum Gasteiger partial charge on any atom is 0.303 e. The molecular weight excluding hydrogens is 430 g/mol. The van der Waals surface area contributed by atoms with Crippen molar-refractivity contribution in [1.29, 1.82) is 0 Å². The lowest BCUT2D eigenvalue weighted by atomic mass is 9.94. The number of fused-ring (bicyclic) bond motifs is 1. The Bertz CT molecular complexity index is 992. The van der Waals surface area contributed by atoms with E-state index in [1.54, 1.807) is 4.90 Å². The Morgan fingerprint density at radius 1 is 1.00 bits per heavy atom. The number of carbonyl (C=O) groups excluding carboxylic acids is 2. The monoisotopic (exact) mass is 467 g/mol. The van der Waals surface area contributed by atoms with Gasteiger partial charge in [0.1, 0.15) is 0 Å². The quantitative estimate of drug-likeness (QED) is 0.406. The molecule has 2 aromatic rings. The van der Waals surface area contributed by atoms with Gasteiger partial charge in [-0.05, 0) is 58.8 Å². The van der Waals surface area contributed by atoms with Gasteiger partial charge in [-0.15, -0.1) is 0 Å². The van der Waals surface area contributed by atoms with Crippen molar-refractivity contribution in [2.24, 2.45) is 0 Å². The third kappa shape index (κ3) is 6.55. The molecule has 0 aliphatic carbocycles. The standard InChI is InChI=1S/C27H37NO4Si/c1-20(29)31-19-26(30)28-15-13-24-17-23(11-12-25(24)18-28)22-9-7-21(8-10-22)14-16-32-33(5,6)27(2,3)4/h7-12,17H,13-16,18-19H2,1-6H3. The van der Waals surface area contributed by atoms with Gasteiger partial charge < -0.3 is 14.1 Å². The first-order valence-corrected chi connectivity index (χ1v) is 14.6. The van der Waals surface area contributed by atoms with E-state index in [-0.39, 0.29) is 17.6 Å². The SMILES string of the molecule is CC(=O)OCC(=O)N1CCc2cc(-c3ccc(CCO[Si](C)(C)C(C)(C)C)cc3)ccc2C1. The summed E-state index contributed by atoms with van der Waals surface area (Å²) in [5.74, 6) is -0.576. The van der Waals surface area contributed by atoms with Crippen molar-refractivity contribution in [2.75, 3.05) is 19.8 Å². The van der Waals surface area contributed by atoms with Crippen LogP contribution in [0.1, 0.15) is 44.4 Å². The number of hydrogen-bond donors (Lipinski definition) is 0. The summed E-state index contributed by atoms with van der Waals surface area (Å²) in [4.78, 5) is 25.0. The van der Waals surface area contributed by atoms with Gasteiger partial charge in [-0.3, -0.25) is 9.59 Å². The zero-order valence-corrected chi connectivity index (χ0v) is 21.9. The normalized spacial score (nSPS) is 14.1. The predicted molar refractivity (Wildman–Crippen MR) is 134 cm³/mol. The van der Waals surface area contributed by atoms with Crippen LogP contribution in [-0.2, 0) is 38.1 Å². The van der Waals surface area contributed by atoms with Gasteiger partial charge in [-0.25, -0.2) is 0 Å². The third-order valence-corrected chi connectivity index (χ3v) is 11.5. The highest BCUT2D eigenvalue weighted by Crippen LogP contribution is 2.36. The fraction of sp³-hybridized carbons (Fsp3) is 0.481. The Morgan fingerprint density at radius 3 is 2.30 bits per heavy atom. The van der Waals surface area contributed by atoms with Gasteiger partial charge >= 0.3 is 5.97 Å². The number of amides is 1. The Labute approximate surface area is 199 Å². The topological polar surface area (TPSA) is 55.8 Å². The van der Waals surface area contributed by atoms with E-state index in [1.807, 2.05) is 0 Å². The fourth-order valence-electron chi connectivity index (χ4n) is 3.70. The molecule has 33 heavy (non-hydrogen) atoms. The van der Waals surface area contributed by atoms with Crippen LogP contribution < -0.4 is 0 Å². The molecule has 6 heteroatoms. The van der Waals surface area contributed by atoms with E-state index >= 15 is 0 Å². The molecule has 178 valence electrons. The van der Waals surface area contributed by atoms with Crippen molar-refractivity contribution in [1.82, 2.24) is 4.90 Å². The summed E-state index contributed by atoms with van der Waals surface area (Å²) in [5, 5.41) is 0.232. The molecule has 0 spiro atoms. The van der Waals surface area contributed by atoms with Crippen molar-refractivity contribution in [3.63, 3.8) is 0 Å². The first kappa shape index (κ1) is 25.2. The van der Waals surface area contributed by atoms with Crippen molar-refractivity contribution < 1.29 is 18.8 Å². The lowest BCUT2D eigenvalue weighted by molar-refractivity contribution is -0.150. The van der Waals surface area contributed by atoms with Crippen LogP contribution in [0, 0.1) is 0 Å². The van der Waals surface area contributed by atoms with E-state index in [0.29, 0.717) is 13.1 Å². The number of rotatable bonds is 7. The highest BCUT2D eigenvalue weighted by molar-refractivity contribution is 6.74. The number of ether oxygens (including phenoxy) is 1. The van der Waals surface area contributed by atoms with E-state index in [1.165, 1.54) is 29.2 Å². The Balaban J connectivity index is 1.59. The summed E-state index contributed by atoms with van der Waals surface area (Å²) < 4.78 is 11.2. The van der Waals surface area contributed by atoms with Crippen LogP contribution in [0.4, 0.5) is 0 Å². The molecule has 0 radical (unpaired) electrons. The fourth-order valence-corrected chi connectivity index (χ4v) is 4.75. The number of carbonyl (C=O) groups is 2. The van der Waals surface area contributed by atoms with Crippen LogP contribution in [-0.4, -0.2) is 44.9 Å². The van der Waals surface area contributed by atoms with Crippen LogP contribution in [0.25, 0.3) is 11.1 Å². The van der Waals surface area contributed by atoms with Crippen LogP contribution in [0.3, 0.4) is 0 Å². The zero-order valence-electron chi connectivity index (χ0n) is 20.9. The lowest BCUT2D eigenvalue weighted by Crippen LogP contribution is -2.41. The zero-order chi connectivity index (χ0) is 24.2. The first-order valence-electron chi connectivity index (χ1n) is 11.7. The number of hydrogen-bond acceptors (Lipinski definition) is 4. The summed E-state index contributed by atoms with van der Waals surface area (Å²) in [6.07, 6.45) is 1.73. The molecule has 5 nitrogen and oxygen atoms in total. The predicted octanol–water partition coefficient (Wildman–Crippen LogP) is 5.37. The van der Waals surface area contributed by atoms with E-state index in [9.17, 15) is 9.59 Å². The molecule has 1 aliphatic heterocycles. The average molecular weight is 468 g/mol. The van der Waals surface area contributed by atoms with Crippen LogP contribution >= 0.6 is 0 Å². The number of esters is 1. The second-order valence-corrected chi connectivity index (χ2v) is 15.2. The van der Waals surface area contributed by atoms with Gasteiger partial charge in [0.2, 0.25) is 0 Å². The molecule has 0 N–H and O–H groups in total. The minimum atomic E-state index is -1.70. The molecule has 0 saturated carbocycles. The van der Waals surface area contributed by atoms with Gasteiger partial charge in [0.25, 0.3) is 5.91 Å². The maximum absolute atomic E-state index is 12.3. The molecule has 1 heterocycles. The summed E-state index contributed by atoms with van der Waals surface area (Å²) in [7, 11) is -1.70. The lowest BCUT2D eigenvalue weighted by Gasteiger charge is -2.36. The minimum absolute atomic E-state index is 0.145. The van der Waals surface area contributed by atoms with Crippen molar-refractivity contribution in [3.05, 3.63) is 59.2 Å². The van der Waals surface area contributed by atoms with Crippen molar-refractivity contribution in [2.45, 2.75) is 65.2 Å². The maximum atomic E-state index is 12.3. The molecule has 0 bridgehead atoms. The Kier molecular flexibility index (Phi) is 7.80. The molecule has 3 rings (SSSR count). The third-order valence-electron chi connectivity index (χ3n) is 6.92. The first-order chi connectivity index (χ1) is 15.5. The summed E-state index contributed by atoms with van der Waals surface area (Å²) in [6, 6.07) is 15.2. The van der Waals surface area contributed by atoms with Crippen LogP contribution in [0.15, 0.2) is 42.5 Å². The van der Waals surface area contributed by atoms with E-state index in [0.717, 1.165) is 25.0 Å². The van der Waals surface area contributed by atoms with E-state index < -0.39 is 14.3 Å². The Morgan fingerprint density at radius 2 is 1.67 bits per heavy atom.